The van der Waals surface area contributed by atoms with Gasteiger partial charge in [0, 0.05) is 0 Å². The van der Waals surface area contributed by atoms with E-state index in [0.29, 0.717) is 6.42 Å². The van der Waals surface area contributed by atoms with E-state index < -0.39 is 29.2 Å². The van der Waals surface area contributed by atoms with Crippen LogP contribution >= 0.6 is 0 Å². The highest BCUT2D eigenvalue weighted by molar-refractivity contribution is 5.82. The van der Waals surface area contributed by atoms with E-state index in [-0.39, 0.29) is 6.61 Å². The molecule has 0 aromatic heterocycles. The number of esters is 1. The van der Waals surface area contributed by atoms with E-state index in [1.165, 1.54) is 0 Å². The van der Waals surface area contributed by atoms with Crippen molar-refractivity contribution in [2.45, 2.75) is 34.1 Å². The number of hydrogen-bond donors (Lipinski definition) is 1. The van der Waals surface area contributed by atoms with Crippen LogP contribution in [0.25, 0.3) is 0 Å². The number of carbonyl (C=O) groups is 2. The van der Waals surface area contributed by atoms with Crippen molar-refractivity contribution in [3.05, 3.63) is 11.6 Å². The molecule has 0 fully saturated rings. The highest BCUT2D eigenvalue weighted by Gasteiger charge is 2.47. The van der Waals surface area contributed by atoms with E-state index in [0.717, 1.165) is 5.57 Å². The van der Waals surface area contributed by atoms with E-state index >= 15 is 0 Å². The van der Waals surface area contributed by atoms with Crippen molar-refractivity contribution in [1.29, 1.82) is 0 Å². The normalized spacial score (nSPS) is 27.2. The maximum Gasteiger partial charge on any atom is 0.310 e. The molecule has 0 spiro atoms. The monoisotopic (exact) mass is 240 g/mol. The molecule has 0 aromatic carbocycles. The van der Waals surface area contributed by atoms with Crippen molar-refractivity contribution in [2.75, 3.05) is 6.61 Å². The summed E-state index contributed by atoms with van der Waals surface area (Å²) in [5.41, 5.74) is 0.507. The fourth-order valence-corrected chi connectivity index (χ4v) is 2.41. The Balaban J connectivity index is 3.07. The zero-order chi connectivity index (χ0) is 13.2. The molecule has 1 aliphatic carbocycles. The lowest BCUT2D eigenvalue weighted by Gasteiger charge is -2.40. The van der Waals surface area contributed by atoms with Gasteiger partial charge in [-0.2, -0.15) is 0 Å². The lowest BCUT2D eigenvalue weighted by molar-refractivity contribution is -0.161. The van der Waals surface area contributed by atoms with Gasteiger partial charge in [-0.25, -0.2) is 0 Å². The standard InChI is InChI=1S/C13H20O4/c1-5-17-12(16)9-7-6-8(2)13(3,4)10(9)11(14)15/h6,9-10H,5,7H2,1-4H3,(H,14,15)/t9-,10+/m0/s1. The quantitative estimate of drug-likeness (QED) is 0.607. The first-order chi connectivity index (χ1) is 7.82. The van der Waals surface area contributed by atoms with Crippen LogP contribution in [-0.2, 0) is 14.3 Å². The molecule has 4 heteroatoms. The topological polar surface area (TPSA) is 63.6 Å². The smallest absolute Gasteiger partial charge is 0.310 e. The highest BCUT2D eigenvalue weighted by atomic mass is 16.5. The molecule has 4 nitrogen and oxygen atoms in total. The molecule has 0 heterocycles. The largest absolute Gasteiger partial charge is 0.481 e. The molecule has 0 saturated carbocycles. The molecule has 1 aliphatic rings. The van der Waals surface area contributed by atoms with Crippen LogP contribution in [0.4, 0.5) is 0 Å². The Hall–Kier alpha value is -1.32. The van der Waals surface area contributed by atoms with Crippen LogP contribution in [0, 0.1) is 17.3 Å². The first-order valence-corrected chi connectivity index (χ1v) is 5.89. The van der Waals surface area contributed by atoms with Gasteiger partial charge in [-0.05, 0) is 25.7 Å². The van der Waals surface area contributed by atoms with E-state index in [1.807, 2.05) is 26.8 Å². The minimum absolute atomic E-state index is 0.283. The van der Waals surface area contributed by atoms with Crippen LogP contribution in [0.5, 0.6) is 0 Å². The first kappa shape index (κ1) is 13.7. The molecule has 0 saturated heterocycles. The van der Waals surface area contributed by atoms with Gasteiger partial charge in [0.2, 0.25) is 0 Å². The molecule has 0 aromatic rings. The second-order valence-electron chi connectivity index (χ2n) is 5.02. The summed E-state index contributed by atoms with van der Waals surface area (Å²) in [7, 11) is 0. The molecule has 0 aliphatic heterocycles. The van der Waals surface area contributed by atoms with Crippen LogP contribution in [0.2, 0.25) is 0 Å². The van der Waals surface area contributed by atoms with Gasteiger partial charge >= 0.3 is 11.9 Å². The third kappa shape index (κ3) is 2.51. The maximum atomic E-state index is 11.8. The lowest BCUT2D eigenvalue weighted by atomic mass is 9.63. The van der Waals surface area contributed by atoms with E-state index in [1.54, 1.807) is 6.92 Å². The fraction of sp³-hybridized carbons (Fsp3) is 0.692. The average Bonchev–Trinajstić information content (AvgIpc) is 2.21. The van der Waals surface area contributed by atoms with Gasteiger partial charge in [-0.15, -0.1) is 0 Å². The molecule has 0 amide bonds. The molecular formula is C13H20O4. The Morgan fingerprint density at radius 3 is 2.59 bits per heavy atom. The van der Waals surface area contributed by atoms with E-state index in [2.05, 4.69) is 0 Å². The molecule has 96 valence electrons. The molecule has 0 bridgehead atoms. The minimum atomic E-state index is -0.930. The van der Waals surface area contributed by atoms with E-state index in [9.17, 15) is 14.7 Å². The van der Waals surface area contributed by atoms with Gasteiger partial charge in [0.15, 0.2) is 0 Å². The number of allylic oxidation sites excluding steroid dienone is 2. The number of aliphatic carboxylic acids is 1. The van der Waals surface area contributed by atoms with Crippen molar-refractivity contribution in [1.82, 2.24) is 0 Å². The molecular weight excluding hydrogens is 220 g/mol. The average molecular weight is 240 g/mol. The number of carbonyl (C=O) groups excluding carboxylic acids is 1. The predicted molar refractivity (Wildman–Crippen MR) is 63.4 cm³/mol. The Morgan fingerprint density at radius 2 is 2.12 bits per heavy atom. The summed E-state index contributed by atoms with van der Waals surface area (Å²) in [4.78, 5) is 23.2. The second kappa shape index (κ2) is 4.90. The van der Waals surface area contributed by atoms with Crippen LogP contribution < -0.4 is 0 Å². The Labute approximate surface area is 102 Å². The maximum absolute atomic E-state index is 11.8. The Bertz CT molecular complexity index is 354. The van der Waals surface area contributed by atoms with Gasteiger partial charge < -0.3 is 9.84 Å². The Morgan fingerprint density at radius 1 is 1.53 bits per heavy atom. The molecule has 1 N–H and O–H groups in total. The molecule has 2 atom stereocenters. The summed E-state index contributed by atoms with van der Waals surface area (Å²) in [6.45, 7) is 7.65. The molecule has 0 radical (unpaired) electrons. The zero-order valence-corrected chi connectivity index (χ0v) is 10.8. The van der Waals surface area contributed by atoms with Crippen molar-refractivity contribution < 1.29 is 19.4 Å². The van der Waals surface area contributed by atoms with Crippen LogP contribution in [0.15, 0.2) is 11.6 Å². The van der Waals surface area contributed by atoms with Gasteiger partial charge in [0.05, 0.1) is 18.4 Å². The molecule has 17 heavy (non-hydrogen) atoms. The zero-order valence-electron chi connectivity index (χ0n) is 10.8. The fourth-order valence-electron chi connectivity index (χ4n) is 2.41. The minimum Gasteiger partial charge on any atom is -0.481 e. The molecule has 0 unspecified atom stereocenters. The van der Waals surface area contributed by atoms with Crippen molar-refractivity contribution >= 4 is 11.9 Å². The van der Waals surface area contributed by atoms with Gasteiger partial charge in [0.25, 0.3) is 0 Å². The highest BCUT2D eigenvalue weighted by Crippen LogP contribution is 2.45. The van der Waals surface area contributed by atoms with Gasteiger partial charge in [-0.3, -0.25) is 9.59 Å². The number of rotatable bonds is 3. The third-order valence-corrected chi connectivity index (χ3v) is 3.73. The summed E-state index contributed by atoms with van der Waals surface area (Å²) in [6, 6.07) is 0. The molecule has 1 rings (SSSR count). The van der Waals surface area contributed by atoms with Crippen molar-refractivity contribution in [2.24, 2.45) is 17.3 Å². The number of carboxylic acid groups (broad SMARTS) is 1. The van der Waals surface area contributed by atoms with Crippen LogP contribution in [0.1, 0.15) is 34.1 Å². The lowest BCUT2D eigenvalue weighted by Crippen LogP contribution is -2.43. The number of ether oxygens (including phenoxy) is 1. The number of hydrogen-bond acceptors (Lipinski definition) is 3. The first-order valence-electron chi connectivity index (χ1n) is 5.89. The van der Waals surface area contributed by atoms with E-state index in [4.69, 9.17) is 4.74 Å². The van der Waals surface area contributed by atoms with Crippen molar-refractivity contribution in [3.8, 4) is 0 Å². The summed E-state index contributed by atoms with van der Waals surface area (Å²) >= 11 is 0. The number of carboxylic acids is 1. The van der Waals surface area contributed by atoms with Crippen LogP contribution in [-0.4, -0.2) is 23.7 Å². The Kier molecular flexibility index (Phi) is 3.96. The summed E-state index contributed by atoms with van der Waals surface area (Å²) in [5, 5.41) is 9.34. The summed E-state index contributed by atoms with van der Waals surface area (Å²) < 4.78 is 4.96. The van der Waals surface area contributed by atoms with Gasteiger partial charge in [0.1, 0.15) is 0 Å². The van der Waals surface area contributed by atoms with Gasteiger partial charge in [-0.1, -0.05) is 25.5 Å². The summed E-state index contributed by atoms with van der Waals surface area (Å²) in [6.07, 6.45) is 2.39. The van der Waals surface area contributed by atoms with Crippen LogP contribution in [0.3, 0.4) is 0 Å². The SMILES string of the molecule is CCOC(=O)[C@H]1CC=C(C)C(C)(C)[C@H]1C(=O)O. The second-order valence-corrected chi connectivity index (χ2v) is 5.02. The predicted octanol–water partition coefficient (Wildman–Crippen LogP) is 2.24. The summed E-state index contributed by atoms with van der Waals surface area (Å²) in [5.74, 6) is -2.63. The van der Waals surface area contributed by atoms with Crippen molar-refractivity contribution in [3.63, 3.8) is 0 Å². The third-order valence-electron chi connectivity index (χ3n) is 3.73.